The second-order valence-electron chi connectivity index (χ2n) is 3.26. The van der Waals surface area contributed by atoms with E-state index in [1.165, 1.54) is 0 Å². The maximum Gasteiger partial charge on any atom is 0.280 e. The summed E-state index contributed by atoms with van der Waals surface area (Å²) in [4.78, 5) is 12.1. The van der Waals surface area contributed by atoms with Crippen molar-refractivity contribution < 1.29 is 14.8 Å². The van der Waals surface area contributed by atoms with Gasteiger partial charge in [-0.25, -0.2) is 0 Å². The molecule has 76 valence electrons. The van der Waals surface area contributed by atoms with Gasteiger partial charge in [0.25, 0.3) is 5.54 Å². The average Bonchev–Trinajstić information content (AvgIpc) is 2.17. The molecule has 0 spiro atoms. The molecular weight excluding hydrogens is 176 g/mol. The summed E-state index contributed by atoms with van der Waals surface area (Å²) in [6.07, 6.45) is 0. The summed E-state index contributed by atoms with van der Waals surface area (Å²) in [5, 5.41) is 19.7. The first kappa shape index (κ1) is 10.4. The fourth-order valence-corrected chi connectivity index (χ4v) is 1.34. The Balaban J connectivity index is 2.69. The van der Waals surface area contributed by atoms with Crippen molar-refractivity contribution in [1.82, 2.24) is 4.90 Å². The lowest BCUT2D eigenvalue weighted by Gasteiger charge is -2.34. The lowest BCUT2D eigenvalue weighted by atomic mass is 10.0. The Hall–Kier alpha value is -0.720. The molecule has 1 saturated heterocycles. The normalized spacial score (nSPS) is 30.3. The molecule has 1 rings (SSSR count). The zero-order valence-corrected chi connectivity index (χ0v) is 7.60. The van der Waals surface area contributed by atoms with E-state index in [-0.39, 0.29) is 13.2 Å². The third-order valence-electron chi connectivity index (χ3n) is 2.29. The van der Waals surface area contributed by atoms with Crippen molar-refractivity contribution in [3.63, 3.8) is 0 Å². The van der Waals surface area contributed by atoms with Gasteiger partial charge in [-0.1, -0.05) is 6.92 Å². The highest BCUT2D eigenvalue weighted by molar-refractivity contribution is 4.84. The van der Waals surface area contributed by atoms with Crippen LogP contribution in [-0.2, 0) is 4.74 Å². The van der Waals surface area contributed by atoms with Gasteiger partial charge < -0.3 is 9.84 Å². The van der Waals surface area contributed by atoms with E-state index in [9.17, 15) is 10.1 Å². The molecule has 1 heterocycles. The second-order valence-corrected chi connectivity index (χ2v) is 3.26. The van der Waals surface area contributed by atoms with E-state index in [4.69, 9.17) is 9.84 Å². The summed E-state index contributed by atoms with van der Waals surface area (Å²) in [5.74, 6) is 0. The van der Waals surface area contributed by atoms with Crippen molar-refractivity contribution in [3.05, 3.63) is 10.1 Å². The van der Waals surface area contributed by atoms with Crippen LogP contribution in [0.4, 0.5) is 0 Å². The molecule has 6 nitrogen and oxygen atoms in total. The van der Waals surface area contributed by atoms with Crippen molar-refractivity contribution in [2.75, 3.05) is 33.0 Å². The highest BCUT2D eigenvalue weighted by Crippen LogP contribution is 2.17. The second kappa shape index (κ2) is 3.99. The first-order chi connectivity index (χ1) is 6.14. The van der Waals surface area contributed by atoms with Gasteiger partial charge in [-0.05, 0) is 6.54 Å². The molecule has 13 heavy (non-hydrogen) atoms. The number of nitro groups is 1. The van der Waals surface area contributed by atoms with Crippen molar-refractivity contribution in [2.24, 2.45) is 0 Å². The Kier molecular flexibility index (Phi) is 3.18. The van der Waals surface area contributed by atoms with Crippen molar-refractivity contribution in [1.29, 1.82) is 0 Å². The van der Waals surface area contributed by atoms with Crippen LogP contribution < -0.4 is 0 Å². The van der Waals surface area contributed by atoms with Gasteiger partial charge in [-0.15, -0.1) is 0 Å². The van der Waals surface area contributed by atoms with Crippen LogP contribution in [-0.4, -0.2) is 53.5 Å². The van der Waals surface area contributed by atoms with Crippen LogP contribution in [0.5, 0.6) is 0 Å². The predicted molar refractivity (Wildman–Crippen MR) is 44.9 cm³/mol. The van der Waals surface area contributed by atoms with Gasteiger partial charge >= 0.3 is 0 Å². The topological polar surface area (TPSA) is 75.8 Å². The van der Waals surface area contributed by atoms with E-state index in [2.05, 4.69) is 0 Å². The molecule has 0 aliphatic carbocycles. The minimum Gasteiger partial charge on any atom is -0.389 e. The Morgan fingerprint density at radius 2 is 2.46 bits per heavy atom. The Morgan fingerprint density at radius 3 is 2.92 bits per heavy atom. The van der Waals surface area contributed by atoms with Crippen LogP contribution in [0.1, 0.15) is 6.92 Å². The fraction of sp³-hybridized carbons (Fsp3) is 1.00. The third kappa shape index (κ3) is 1.96. The first-order valence-corrected chi connectivity index (χ1v) is 4.20. The van der Waals surface area contributed by atoms with Crippen LogP contribution >= 0.6 is 0 Å². The van der Waals surface area contributed by atoms with Crippen LogP contribution in [0.3, 0.4) is 0 Å². The summed E-state index contributed by atoms with van der Waals surface area (Å²) >= 11 is 0. The van der Waals surface area contributed by atoms with Crippen LogP contribution in [0.25, 0.3) is 0 Å². The smallest absolute Gasteiger partial charge is 0.280 e. The van der Waals surface area contributed by atoms with Crippen LogP contribution in [0.15, 0.2) is 0 Å². The van der Waals surface area contributed by atoms with E-state index in [1.807, 2.05) is 6.92 Å². The Bertz CT molecular complexity index is 199. The number of aliphatic hydroxyl groups excluding tert-OH is 1. The molecule has 6 heteroatoms. The zero-order chi connectivity index (χ0) is 9.90. The summed E-state index contributed by atoms with van der Waals surface area (Å²) in [5.41, 5.74) is -1.33. The van der Waals surface area contributed by atoms with Crippen molar-refractivity contribution >= 4 is 0 Å². The number of nitrogens with zero attached hydrogens (tertiary/aromatic N) is 2. The van der Waals surface area contributed by atoms with Gasteiger partial charge in [0.2, 0.25) is 0 Å². The monoisotopic (exact) mass is 190 g/mol. The lowest BCUT2D eigenvalue weighted by molar-refractivity contribution is -0.584. The van der Waals surface area contributed by atoms with Gasteiger partial charge in [-0.2, -0.15) is 0 Å². The molecule has 1 fully saturated rings. The van der Waals surface area contributed by atoms with Crippen molar-refractivity contribution in [2.45, 2.75) is 12.5 Å². The first-order valence-electron chi connectivity index (χ1n) is 4.20. The number of hydrogen-bond acceptors (Lipinski definition) is 5. The minimum absolute atomic E-state index is 0.00694. The van der Waals surface area contributed by atoms with Gasteiger partial charge in [-0.3, -0.25) is 15.0 Å². The predicted octanol–water partition coefficient (Wildman–Crippen LogP) is -0.696. The molecule has 0 bridgehead atoms. The number of likely N-dealkylation sites (N-methyl/N-ethyl adjacent to an activating group) is 1. The number of aliphatic hydroxyl groups is 1. The molecule has 0 aromatic rings. The molecule has 0 aromatic heterocycles. The standard InChI is InChI=1S/C7H14N2O4/c1-2-8-3-7(4-10,9(11)12)5-13-6-8/h10H,2-6H2,1H3. The quantitative estimate of drug-likeness (QED) is 0.470. The third-order valence-corrected chi connectivity index (χ3v) is 2.29. The lowest BCUT2D eigenvalue weighted by Crippen LogP contribution is -2.59. The van der Waals surface area contributed by atoms with E-state index < -0.39 is 17.1 Å². The molecule has 1 atom stereocenters. The average molecular weight is 190 g/mol. The van der Waals surface area contributed by atoms with Crippen LogP contribution in [0.2, 0.25) is 0 Å². The summed E-state index contributed by atoms with van der Waals surface area (Å²) < 4.78 is 5.07. The summed E-state index contributed by atoms with van der Waals surface area (Å²) in [6, 6.07) is 0. The van der Waals surface area contributed by atoms with Gasteiger partial charge in [0.15, 0.2) is 0 Å². The molecule has 0 radical (unpaired) electrons. The Labute approximate surface area is 76.2 Å². The number of rotatable bonds is 3. The Morgan fingerprint density at radius 1 is 1.77 bits per heavy atom. The number of ether oxygens (including phenoxy) is 1. The summed E-state index contributed by atoms with van der Waals surface area (Å²) in [7, 11) is 0. The molecule has 1 aliphatic heterocycles. The largest absolute Gasteiger partial charge is 0.389 e. The van der Waals surface area contributed by atoms with E-state index in [1.54, 1.807) is 4.90 Å². The van der Waals surface area contributed by atoms with Gasteiger partial charge in [0.05, 0.1) is 13.3 Å². The minimum atomic E-state index is -1.33. The molecule has 1 N–H and O–H groups in total. The molecule has 1 unspecified atom stereocenters. The maximum absolute atomic E-state index is 10.7. The van der Waals surface area contributed by atoms with Crippen molar-refractivity contribution in [3.8, 4) is 0 Å². The number of hydrogen-bond donors (Lipinski definition) is 1. The van der Waals surface area contributed by atoms with Crippen LogP contribution in [0, 0.1) is 10.1 Å². The van der Waals surface area contributed by atoms with Gasteiger partial charge in [0, 0.05) is 4.92 Å². The van der Waals surface area contributed by atoms with E-state index in [0.29, 0.717) is 13.3 Å². The highest BCUT2D eigenvalue weighted by Gasteiger charge is 2.46. The summed E-state index contributed by atoms with van der Waals surface area (Å²) in [6.45, 7) is 2.77. The highest BCUT2D eigenvalue weighted by atomic mass is 16.6. The molecule has 0 saturated carbocycles. The molecule has 1 aliphatic rings. The molecule has 0 amide bonds. The zero-order valence-electron chi connectivity index (χ0n) is 7.60. The van der Waals surface area contributed by atoms with E-state index in [0.717, 1.165) is 0 Å². The molecule has 0 aromatic carbocycles. The molecular formula is C7H14N2O4. The SMILES string of the molecule is CCN1COCC(CO)([N+](=O)[O-])C1. The maximum atomic E-state index is 10.7. The van der Waals surface area contributed by atoms with E-state index >= 15 is 0 Å². The van der Waals surface area contributed by atoms with Gasteiger partial charge in [0.1, 0.15) is 13.2 Å². The fourth-order valence-electron chi connectivity index (χ4n) is 1.34.